The predicted octanol–water partition coefficient (Wildman–Crippen LogP) is 4.82. The van der Waals surface area contributed by atoms with Crippen LogP contribution >= 0.6 is 0 Å². The van der Waals surface area contributed by atoms with Gasteiger partial charge >= 0.3 is 6.18 Å². The Morgan fingerprint density at radius 3 is 2.55 bits per heavy atom. The van der Waals surface area contributed by atoms with Crippen LogP contribution in [0.25, 0.3) is 0 Å². The number of aryl methyl sites for hydroxylation is 1. The van der Waals surface area contributed by atoms with Crippen LogP contribution in [0.4, 0.5) is 19.0 Å². The maximum absolute atomic E-state index is 13.8. The summed E-state index contributed by atoms with van der Waals surface area (Å²) in [6, 6.07) is 16.1. The van der Waals surface area contributed by atoms with Gasteiger partial charge in [-0.1, -0.05) is 60.2 Å². The lowest BCUT2D eigenvalue weighted by Gasteiger charge is -2.33. The molecule has 0 aliphatic carbocycles. The van der Waals surface area contributed by atoms with Crippen molar-refractivity contribution in [2.75, 3.05) is 11.9 Å². The Labute approximate surface area is 178 Å². The molecule has 31 heavy (non-hydrogen) atoms. The second kappa shape index (κ2) is 8.45. The molecule has 4 rings (SSSR count). The molecule has 2 aromatic carbocycles. The first kappa shape index (κ1) is 21.0. The van der Waals surface area contributed by atoms with Crippen LogP contribution in [0.5, 0.6) is 0 Å². The van der Waals surface area contributed by atoms with Crippen LogP contribution in [0, 0.1) is 6.92 Å². The number of hydrogen-bond acceptors (Lipinski definition) is 3. The second-order valence-corrected chi connectivity index (χ2v) is 7.75. The summed E-state index contributed by atoms with van der Waals surface area (Å²) in [7, 11) is 0. The van der Waals surface area contributed by atoms with Crippen molar-refractivity contribution in [1.82, 2.24) is 15.1 Å². The topological polar surface area (TPSA) is 59.0 Å². The van der Waals surface area contributed by atoms with Crippen molar-refractivity contribution in [3.63, 3.8) is 0 Å². The van der Waals surface area contributed by atoms with Gasteiger partial charge in [0.1, 0.15) is 5.82 Å². The number of fused-ring (bicyclic) bond motifs is 1. The van der Waals surface area contributed by atoms with Crippen molar-refractivity contribution >= 4 is 11.7 Å². The van der Waals surface area contributed by atoms with Gasteiger partial charge < -0.3 is 10.6 Å². The molecule has 8 heteroatoms. The molecule has 0 spiro atoms. The molecule has 3 aromatic rings. The highest BCUT2D eigenvalue weighted by Gasteiger charge is 2.46. The number of carbonyl (C=O) groups is 1. The minimum absolute atomic E-state index is 0.0330. The lowest BCUT2D eigenvalue weighted by molar-refractivity contribution is -0.173. The zero-order chi connectivity index (χ0) is 22.0. The van der Waals surface area contributed by atoms with E-state index in [2.05, 4.69) is 15.7 Å². The van der Waals surface area contributed by atoms with Crippen LogP contribution in [-0.2, 0) is 6.42 Å². The van der Waals surface area contributed by atoms with E-state index in [0.29, 0.717) is 13.0 Å². The highest BCUT2D eigenvalue weighted by Crippen LogP contribution is 2.43. The fourth-order valence-corrected chi connectivity index (χ4v) is 3.76. The number of hydrogen-bond donors (Lipinski definition) is 2. The van der Waals surface area contributed by atoms with Crippen LogP contribution in [-0.4, -0.2) is 28.4 Å². The lowest BCUT2D eigenvalue weighted by Crippen LogP contribution is -2.35. The van der Waals surface area contributed by atoms with E-state index in [1.54, 1.807) is 0 Å². The molecule has 2 atom stereocenters. The Kier molecular flexibility index (Phi) is 5.71. The predicted molar refractivity (Wildman–Crippen MR) is 112 cm³/mol. The van der Waals surface area contributed by atoms with Crippen LogP contribution in [0.15, 0.2) is 60.7 Å². The number of alkyl halides is 3. The molecule has 0 saturated carbocycles. The normalized spacial score (nSPS) is 18.2. The molecular weight excluding hydrogens is 405 g/mol. The summed E-state index contributed by atoms with van der Waals surface area (Å²) in [6.07, 6.45) is -4.05. The fraction of sp³-hybridized carbons (Fsp3) is 0.304. The van der Waals surface area contributed by atoms with Crippen molar-refractivity contribution in [1.29, 1.82) is 0 Å². The van der Waals surface area contributed by atoms with Crippen molar-refractivity contribution in [3.05, 3.63) is 83.0 Å². The van der Waals surface area contributed by atoms with E-state index in [9.17, 15) is 18.0 Å². The van der Waals surface area contributed by atoms with E-state index in [1.807, 2.05) is 61.5 Å². The molecule has 162 valence electrons. The number of benzene rings is 2. The average Bonchev–Trinajstić information content (AvgIpc) is 3.18. The van der Waals surface area contributed by atoms with E-state index in [-0.39, 0.29) is 17.9 Å². The molecule has 1 aromatic heterocycles. The summed E-state index contributed by atoms with van der Waals surface area (Å²) >= 11 is 0. The summed E-state index contributed by atoms with van der Waals surface area (Å²) in [5.41, 5.74) is 2.83. The summed E-state index contributed by atoms with van der Waals surface area (Å²) in [5.74, 6) is -0.306. The monoisotopic (exact) mass is 428 g/mol. The second-order valence-electron chi connectivity index (χ2n) is 7.75. The first-order valence-corrected chi connectivity index (χ1v) is 10.1. The van der Waals surface area contributed by atoms with Gasteiger partial charge in [-0.3, -0.25) is 4.79 Å². The largest absolute Gasteiger partial charge is 0.410 e. The number of rotatable bonds is 5. The summed E-state index contributed by atoms with van der Waals surface area (Å²) in [6.45, 7) is 2.29. The Hall–Kier alpha value is -3.29. The molecule has 2 N–H and O–H groups in total. The molecule has 1 aliphatic heterocycles. The number of amides is 1. The third kappa shape index (κ3) is 4.73. The van der Waals surface area contributed by atoms with Crippen molar-refractivity contribution in [3.8, 4) is 0 Å². The number of carbonyl (C=O) groups excluding carboxylic acids is 1. The van der Waals surface area contributed by atoms with Gasteiger partial charge in [0.25, 0.3) is 5.91 Å². The van der Waals surface area contributed by atoms with E-state index in [0.717, 1.165) is 21.4 Å². The number of halogens is 3. The van der Waals surface area contributed by atoms with E-state index in [4.69, 9.17) is 0 Å². The summed E-state index contributed by atoms with van der Waals surface area (Å²) in [5, 5.41) is 9.84. The van der Waals surface area contributed by atoms with E-state index >= 15 is 0 Å². The highest BCUT2D eigenvalue weighted by molar-refractivity contribution is 5.93. The zero-order valence-corrected chi connectivity index (χ0v) is 17.0. The van der Waals surface area contributed by atoms with Crippen molar-refractivity contribution in [2.45, 2.75) is 38.0 Å². The number of aromatic nitrogens is 2. The van der Waals surface area contributed by atoms with Gasteiger partial charge in [0.15, 0.2) is 11.7 Å². The summed E-state index contributed by atoms with van der Waals surface area (Å²) < 4.78 is 42.2. The standard InChI is InChI=1S/C23H23F3N4O/c1-15-7-9-17(10-8-15)18-13-20(23(24,25)26)30-21(28-18)14-19(29-30)22(31)27-12-11-16-5-3-2-4-6-16/h2-10,14,18,20,28H,11-13H2,1H3,(H,27,31)/t18-,20+/m0/s1. The molecule has 5 nitrogen and oxygen atoms in total. The van der Waals surface area contributed by atoms with Crippen molar-refractivity contribution in [2.24, 2.45) is 0 Å². The van der Waals surface area contributed by atoms with Gasteiger partial charge in [-0.25, -0.2) is 4.68 Å². The number of anilines is 1. The maximum Gasteiger partial charge on any atom is 0.410 e. The SMILES string of the molecule is Cc1ccc([C@@H]2C[C@H](C(F)(F)F)n3nc(C(=O)NCCc4ccccc4)cc3N2)cc1. The van der Waals surface area contributed by atoms with Crippen molar-refractivity contribution < 1.29 is 18.0 Å². The van der Waals surface area contributed by atoms with Gasteiger partial charge in [0, 0.05) is 19.0 Å². The Bertz CT molecular complexity index is 1040. The fourth-order valence-electron chi connectivity index (χ4n) is 3.76. The molecule has 2 heterocycles. The molecule has 1 aliphatic rings. The van der Waals surface area contributed by atoms with E-state index in [1.165, 1.54) is 6.07 Å². The molecule has 0 fully saturated rings. The molecule has 0 bridgehead atoms. The van der Waals surface area contributed by atoms with Gasteiger partial charge in [-0.05, 0) is 24.5 Å². The Morgan fingerprint density at radius 2 is 1.87 bits per heavy atom. The molecule has 0 saturated heterocycles. The molecule has 1 amide bonds. The Morgan fingerprint density at radius 1 is 1.16 bits per heavy atom. The smallest absolute Gasteiger partial charge is 0.363 e. The number of nitrogens with one attached hydrogen (secondary N) is 2. The zero-order valence-electron chi connectivity index (χ0n) is 17.0. The first-order valence-electron chi connectivity index (χ1n) is 10.1. The Balaban J connectivity index is 1.52. The molecule has 0 unspecified atom stereocenters. The van der Waals surface area contributed by atoms with Crippen LogP contribution < -0.4 is 10.6 Å². The quantitative estimate of drug-likeness (QED) is 0.612. The van der Waals surface area contributed by atoms with Gasteiger partial charge in [0.05, 0.1) is 6.04 Å². The molecule has 0 radical (unpaired) electrons. The minimum atomic E-state index is -4.48. The van der Waals surface area contributed by atoms with Crippen LogP contribution in [0.3, 0.4) is 0 Å². The van der Waals surface area contributed by atoms with Gasteiger partial charge in [-0.15, -0.1) is 0 Å². The average molecular weight is 428 g/mol. The third-order valence-corrected chi connectivity index (χ3v) is 5.44. The van der Waals surface area contributed by atoms with E-state index < -0.39 is 24.2 Å². The van der Waals surface area contributed by atoms with Crippen LogP contribution in [0.2, 0.25) is 0 Å². The summed E-state index contributed by atoms with van der Waals surface area (Å²) in [4.78, 5) is 12.5. The highest BCUT2D eigenvalue weighted by atomic mass is 19.4. The minimum Gasteiger partial charge on any atom is -0.363 e. The van der Waals surface area contributed by atoms with Gasteiger partial charge in [0.2, 0.25) is 0 Å². The van der Waals surface area contributed by atoms with Gasteiger partial charge in [-0.2, -0.15) is 18.3 Å². The first-order chi connectivity index (χ1) is 14.8. The third-order valence-electron chi connectivity index (χ3n) is 5.44. The number of nitrogens with zero attached hydrogens (tertiary/aromatic N) is 2. The molecular formula is C23H23F3N4O. The van der Waals surface area contributed by atoms with Crippen LogP contribution in [0.1, 0.15) is 45.7 Å². The maximum atomic E-state index is 13.8. The lowest BCUT2D eigenvalue weighted by atomic mass is 9.96.